The molecular formula is C16H26N2O. The summed E-state index contributed by atoms with van der Waals surface area (Å²) in [6.45, 7) is 6.73. The monoisotopic (exact) mass is 262 g/mol. The summed E-state index contributed by atoms with van der Waals surface area (Å²) >= 11 is 0. The molecule has 0 bridgehead atoms. The Morgan fingerprint density at radius 1 is 1.21 bits per heavy atom. The summed E-state index contributed by atoms with van der Waals surface area (Å²) < 4.78 is 0. The van der Waals surface area contributed by atoms with Gasteiger partial charge < -0.3 is 4.90 Å². The molecule has 0 heterocycles. The minimum atomic E-state index is 0.290. The number of carbonyl (C=O) groups excluding carboxylic acids is 1. The predicted molar refractivity (Wildman–Crippen MR) is 80.4 cm³/mol. The Bertz CT molecular complexity index is 376. The zero-order valence-corrected chi connectivity index (χ0v) is 12.6. The first-order chi connectivity index (χ1) is 9.02. The Kier molecular flexibility index (Phi) is 6.74. The van der Waals surface area contributed by atoms with Crippen molar-refractivity contribution in [3.63, 3.8) is 0 Å². The van der Waals surface area contributed by atoms with Crippen molar-refractivity contribution in [1.82, 2.24) is 9.80 Å². The van der Waals surface area contributed by atoms with E-state index in [1.807, 2.05) is 30.3 Å². The zero-order valence-electron chi connectivity index (χ0n) is 12.6. The number of nitrogens with zero attached hydrogens (tertiary/aromatic N) is 2. The second-order valence-corrected chi connectivity index (χ2v) is 5.38. The number of Topliss-reactive ketones (excluding diaryl/α,β-unsaturated/α-hetero) is 1. The third-order valence-corrected chi connectivity index (χ3v) is 3.28. The van der Waals surface area contributed by atoms with Crippen molar-refractivity contribution in [3.8, 4) is 0 Å². The molecule has 0 aliphatic heterocycles. The molecule has 19 heavy (non-hydrogen) atoms. The molecular weight excluding hydrogens is 236 g/mol. The lowest BCUT2D eigenvalue weighted by Gasteiger charge is -2.29. The molecule has 1 aromatic carbocycles. The number of rotatable bonds is 8. The van der Waals surface area contributed by atoms with Crippen LogP contribution in [-0.2, 0) is 11.2 Å². The Morgan fingerprint density at radius 3 is 2.37 bits per heavy atom. The van der Waals surface area contributed by atoms with Gasteiger partial charge in [0.15, 0.2) is 5.78 Å². The molecule has 0 aliphatic rings. The van der Waals surface area contributed by atoms with Crippen molar-refractivity contribution in [3.05, 3.63) is 35.9 Å². The van der Waals surface area contributed by atoms with Gasteiger partial charge in [-0.25, -0.2) is 0 Å². The van der Waals surface area contributed by atoms with Crippen molar-refractivity contribution >= 4 is 5.78 Å². The lowest BCUT2D eigenvalue weighted by atomic mass is 10.1. The van der Waals surface area contributed by atoms with Crippen LogP contribution in [0.2, 0.25) is 0 Å². The third kappa shape index (κ3) is 5.99. The van der Waals surface area contributed by atoms with Gasteiger partial charge in [0.2, 0.25) is 0 Å². The summed E-state index contributed by atoms with van der Waals surface area (Å²) in [7, 11) is 4.13. The largest absolute Gasteiger partial charge is 0.308 e. The predicted octanol–water partition coefficient (Wildman–Crippen LogP) is 2.07. The van der Waals surface area contributed by atoms with E-state index >= 15 is 0 Å². The van der Waals surface area contributed by atoms with Gasteiger partial charge >= 0.3 is 0 Å². The summed E-state index contributed by atoms with van der Waals surface area (Å²) in [4.78, 5) is 16.5. The minimum absolute atomic E-state index is 0.290. The van der Waals surface area contributed by atoms with E-state index in [0.717, 1.165) is 18.7 Å². The molecule has 0 saturated heterocycles. The Morgan fingerprint density at radius 2 is 1.84 bits per heavy atom. The Labute approximate surface area is 117 Å². The second-order valence-electron chi connectivity index (χ2n) is 5.38. The third-order valence-electron chi connectivity index (χ3n) is 3.28. The molecule has 3 heteroatoms. The van der Waals surface area contributed by atoms with Crippen LogP contribution in [0.25, 0.3) is 0 Å². The van der Waals surface area contributed by atoms with E-state index < -0.39 is 0 Å². The quantitative estimate of drug-likeness (QED) is 0.716. The molecule has 0 aliphatic carbocycles. The number of hydrogen-bond donors (Lipinski definition) is 0. The first-order valence-electron chi connectivity index (χ1n) is 6.97. The number of hydrogen-bond acceptors (Lipinski definition) is 3. The van der Waals surface area contributed by atoms with Gasteiger partial charge in [-0.3, -0.25) is 9.69 Å². The highest BCUT2D eigenvalue weighted by Crippen LogP contribution is 2.04. The van der Waals surface area contributed by atoms with Crippen LogP contribution in [0.1, 0.15) is 19.4 Å². The van der Waals surface area contributed by atoms with E-state index in [-0.39, 0.29) is 0 Å². The van der Waals surface area contributed by atoms with Crippen molar-refractivity contribution in [2.45, 2.75) is 26.3 Å². The fourth-order valence-electron chi connectivity index (χ4n) is 2.33. The summed E-state index contributed by atoms with van der Waals surface area (Å²) in [5, 5.41) is 0. The smallest absolute Gasteiger partial charge is 0.151 e. The molecule has 1 aromatic rings. The van der Waals surface area contributed by atoms with Gasteiger partial charge in [0, 0.05) is 19.0 Å². The van der Waals surface area contributed by atoms with Gasteiger partial charge in [-0.1, -0.05) is 37.3 Å². The van der Waals surface area contributed by atoms with Crippen LogP contribution in [0.5, 0.6) is 0 Å². The maximum atomic E-state index is 12.1. The van der Waals surface area contributed by atoms with E-state index in [4.69, 9.17) is 0 Å². The van der Waals surface area contributed by atoms with Gasteiger partial charge in [0.25, 0.3) is 0 Å². The summed E-state index contributed by atoms with van der Waals surface area (Å²) in [5.41, 5.74) is 1.10. The van der Waals surface area contributed by atoms with Crippen molar-refractivity contribution < 1.29 is 4.79 Å². The fourth-order valence-corrected chi connectivity index (χ4v) is 2.33. The first kappa shape index (κ1) is 15.9. The van der Waals surface area contributed by atoms with Gasteiger partial charge in [0.05, 0.1) is 6.54 Å². The second kappa shape index (κ2) is 8.08. The normalized spacial score (nSPS) is 12.9. The van der Waals surface area contributed by atoms with Gasteiger partial charge in [-0.2, -0.15) is 0 Å². The lowest BCUT2D eigenvalue weighted by molar-refractivity contribution is -0.120. The summed E-state index contributed by atoms with van der Waals surface area (Å²) in [6, 6.07) is 10.4. The van der Waals surface area contributed by atoms with E-state index in [1.54, 1.807) is 0 Å². The maximum Gasteiger partial charge on any atom is 0.151 e. The number of likely N-dealkylation sites (N-methyl/N-ethyl adjacent to an activating group) is 2. The molecule has 0 radical (unpaired) electrons. The first-order valence-corrected chi connectivity index (χ1v) is 6.97. The van der Waals surface area contributed by atoms with Crippen LogP contribution < -0.4 is 0 Å². The standard InChI is InChI=1S/C16H26N2O/c1-5-18(14(2)12-17(3)4)13-16(19)11-15-9-7-6-8-10-15/h6-10,14H,5,11-13H2,1-4H3. The molecule has 0 aromatic heterocycles. The van der Waals surface area contributed by atoms with Crippen LogP contribution in [0.3, 0.4) is 0 Å². The zero-order chi connectivity index (χ0) is 14.3. The van der Waals surface area contributed by atoms with E-state index in [2.05, 4.69) is 37.7 Å². The van der Waals surface area contributed by atoms with E-state index in [0.29, 0.717) is 24.8 Å². The molecule has 3 nitrogen and oxygen atoms in total. The average Bonchev–Trinajstić information content (AvgIpc) is 2.36. The highest BCUT2D eigenvalue weighted by Gasteiger charge is 2.16. The maximum absolute atomic E-state index is 12.1. The van der Waals surface area contributed by atoms with Gasteiger partial charge in [-0.15, -0.1) is 0 Å². The van der Waals surface area contributed by atoms with Crippen LogP contribution in [0.4, 0.5) is 0 Å². The molecule has 0 fully saturated rings. The number of benzene rings is 1. The molecule has 0 amide bonds. The van der Waals surface area contributed by atoms with Gasteiger partial charge in [-0.05, 0) is 33.1 Å². The van der Waals surface area contributed by atoms with Crippen molar-refractivity contribution in [2.75, 3.05) is 33.7 Å². The highest BCUT2D eigenvalue weighted by molar-refractivity contribution is 5.82. The molecule has 0 saturated carbocycles. The topological polar surface area (TPSA) is 23.6 Å². The summed E-state index contributed by atoms with van der Waals surface area (Å²) in [5.74, 6) is 0.290. The van der Waals surface area contributed by atoms with Crippen LogP contribution in [0.15, 0.2) is 30.3 Å². The molecule has 1 atom stereocenters. The lowest BCUT2D eigenvalue weighted by Crippen LogP contribution is -2.42. The van der Waals surface area contributed by atoms with Crippen molar-refractivity contribution in [1.29, 1.82) is 0 Å². The minimum Gasteiger partial charge on any atom is -0.308 e. The summed E-state index contributed by atoms with van der Waals surface area (Å²) in [6.07, 6.45) is 0.534. The Hall–Kier alpha value is -1.19. The highest BCUT2D eigenvalue weighted by atomic mass is 16.1. The van der Waals surface area contributed by atoms with Crippen LogP contribution >= 0.6 is 0 Å². The average molecular weight is 262 g/mol. The molecule has 106 valence electrons. The van der Waals surface area contributed by atoms with Gasteiger partial charge in [0.1, 0.15) is 0 Å². The van der Waals surface area contributed by atoms with E-state index in [9.17, 15) is 4.79 Å². The molecule has 1 unspecified atom stereocenters. The Balaban J connectivity index is 2.49. The molecule has 0 N–H and O–H groups in total. The van der Waals surface area contributed by atoms with Crippen molar-refractivity contribution in [2.24, 2.45) is 0 Å². The molecule has 1 rings (SSSR count). The number of carbonyl (C=O) groups is 1. The SMILES string of the molecule is CCN(CC(=O)Cc1ccccc1)C(C)CN(C)C. The fraction of sp³-hybridized carbons (Fsp3) is 0.562. The van der Waals surface area contributed by atoms with Crippen LogP contribution in [0, 0.1) is 0 Å². The van der Waals surface area contributed by atoms with Crippen LogP contribution in [-0.4, -0.2) is 55.4 Å². The number of ketones is 1. The molecule has 0 spiro atoms. The van der Waals surface area contributed by atoms with E-state index in [1.165, 1.54) is 0 Å².